The third-order valence-electron chi connectivity index (χ3n) is 9.65. The van der Waals surface area contributed by atoms with Gasteiger partial charge in [-0.05, 0) is 93.7 Å². The third kappa shape index (κ3) is 4.51. The summed E-state index contributed by atoms with van der Waals surface area (Å²) in [5.74, 6) is 0. The largest absolute Gasteiger partial charge is 0.456 e. The smallest absolute Gasteiger partial charge is 0.136 e. The monoisotopic (exact) mass is 627 g/mol. The number of rotatable bonds is 5. The summed E-state index contributed by atoms with van der Waals surface area (Å²) in [6.07, 6.45) is 0. The van der Waals surface area contributed by atoms with Crippen molar-refractivity contribution in [3.63, 3.8) is 0 Å². The van der Waals surface area contributed by atoms with Crippen LogP contribution < -0.4 is 4.90 Å². The molecule has 2 heterocycles. The molecule has 2 aromatic heterocycles. The minimum Gasteiger partial charge on any atom is -0.456 e. The van der Waals surface area contributed by atoms with Crippen LogP contribution in [0.5, 0.6) is 0 Å². The lowest BCUT2D eigenvalue weighted by Crippen LogP contribution is -2.10. The molecule has 8 aromatic carbocycles. The van der Waals surface area contributed by atoms with E-state index in [-0.39, 0.29) is 0 Å². The highest BCUT2D eigenvalue weighted by Crippen LogP contribution is 2.43. The van der Waals surface area contributed by atoms with Gasteiger partial charge in [-0.25, -0.2) is 0 Å². The summed E-state index contributed by atoms with van der Waals surface area (Å²) >= 11 is 0. The van der Waals surface area contributed by atoms with Crippen LogP contribution in [-0.2, 0) is 0 Å². The number of hydrogen-bond acceptors (Lipinski definition) is 3. The molecule has 0 amide bonds. The van der Waals surface area contributed by atoms with Crippen molar-refractivity contribution in [2.24, 2.45) is 0 Å². The van der Waals surface area contributed by atoms with E-state index < -0.39 is 0 Å². The maximum atomic E-state index is 6.25. The molecule has 10 rings (SSSR count). The minimum absolute atomic E-state index is 0.894. The van der Waals surface area contributed by atoms with Crippen molar-refractivity contribution in [3.05, 3.63) is 176 Å². The summed E-state index contributed by atoms with van der Waals surface area (Å²) in [6.45, 7) is 0. The molecule has 0 radical (unpaired) electrons. The Balaban J connectivity index is 1.16. The molecule has 10 aromatic rings. The van der Waals surface area contributed by atoms with Gasteiger partial charge in [0, 0.05) is 38.6 Å². The zero-order chi connectivity index (χ0) is 32.3. The standard InChI is InChI=1S/C46H29NO2/c1-2-10-30(11-3-1)31-20-23-34(24-21-31)47(36-25-26-38-33(29-36)22-27-44-46(38)40-15-5-7-18-42(40)49-44)35-13-8-12-32(28-35)37-16-9-19-43-45(37)39-14-4-6-17-41(39)48-43/h1-29H. The minimum atomic E-state index is 0.894. The van der Waals surface area contributed by atoms with Crippen LogP contribution in [0.2, 0.25) is 0 Å². The van der Waals surface area contributed by atoms with Gasteiger partial charge in [0.15, 0.2) is 0 Å². The van der Waals surface area contributed by atoms with E-state index in [1.165, 1.54) is 16.5 Å². The zero-order valence-electron chi connectivity index (χ0n) is 26.5. The third-order valence-corrected chi connectivity index (χ3v) is 9.65. The van der Waals surface area contributed by atoms with Gasteiger partial charge in [0.05, 0.1) is 0 Å². The Morgan fingerprint density at radius 3 is 1.71 bits per heavy atom. The highest BCUT2D eigenvalue weighted by molar-refractivity contribution is 6.19. The molecule has 0 fully saturated rings. The number of furan rings is 2. The second-order valence-corrected chi connectivity index (χ2v) is 12.5. The molecular weight excluding hydrogens is 599 g/mol. The SMILES string of the molecule is c1ccc(-c2ccc(N(c3cccc(-c4cccc5oc6ccccc6c45)c3)c3ccc4c(ccc5oc6ccccc6c54)c3)cc2)cc1. The van der Waals surface area contributed by atoms with E-state index in [1.807, 2.05) is 24.3 Å². The van der Waals surface area contributed by atoms with Crippen molar-refractivity contribution < 1.29 is 8.83 Å². The van der Waals surface area contributed by atoms with Gasteiger partial charge in [-0.2, -0.15) is 0 Å². The van der Waals surface area contributed by atoms with Gasteiger partial charge < -0.3 is 13.7 Å². The molecule has 3 heteroatoms. The van der Waals surface area contributed by atoms with Crippen LogP contribution in [0.4, 0.5) is 17.1 Å². The van der Waals surface area contributed by atoms with Gasteiger partial charge in [0.25, 0.3) is 0 Å². The number of nitrogens with zero attached hydrogens (tertiary/aromatic N) is 1. The molecule has 0 spiro atoms. The zero-order valence-corrected chi connectivity index (χ0v) is 26.5. The summed E-state index contributed by atoms with van der Waals surface area (Å²) in [4.78, 5) is 2.35. The predicted molar refractivity (Wildman–Crippen MR) is 204 cm³/mol. The van der Waals surface area contributed by atoms with Crippen molar-refractivity contribution in [1.29, 1.82) is 0 Å². The normalized spacial score (nSPS) is 11.7. The van der Waals surface area contributed by atoms with Crippen molar-refractivity contribution in [2.45, 2.75) is 0 Å². The molecule has 0 aliphatic rings. The Labute approximate surface area is 282 Å². The Hall–Kier alpha value is -6.58. The Morgan fingerprint density at radius 2 is 0.918 bits per heavy atom. The number of anilines is 3. The van der Waals surface area contributed by atoms with E-state index in [9.17, 15) is 0 Å². The molecule has 230 valence electrons. The second kappa shape index (κ2) is 11.0. The summed E-state index contributed by atoms with van der Waals surface area (Å²) < 4.78 is 12.5. The first-order chi connectivity index (χ1) is 24.3. The van der Waals surface area contributed by atoms with E-state index in [0.29, 0.717) is 0 Å². The molecule has 49 heavy (non-hydrogen) atoms. The highest BCUT2D eigenvalue weighted by Gasteiger charge is 2.18. The lowest BCUT2D eigenvalue weighted by atomic mass is 9.98. The molecule has 0 aliphatic carbocycles. The average Bonchev–Trinajstić information content (AvgIpc) is 3.75. The van der Waals surface area contributed by atoms with Gasteiger partial charge in [-0.3, -0.25) is 0 Å². The van der Waals surface area contributed by atoms with Gasteiger partial charge in [-0.15, -0.1) is 0 Å². The van der Waals surface area contributed by atoms with Crippen LogP contribution in [0, 0.1) is 0 Å². The number of benzene rings is 8. The van der Waals surface area contributed by atoms with Crippen LogP contribution in [0.25, 0.3) is 76.9 Å². The van der Waals surface area contributed by atoms with Crippen LogP contribution >= 0.6 is 0 Å². The summed E-state index contributed by atoms with van der Waals surface area (Å²) in [6, 6.07) is 62.1. The molecule has 0 aliphatic heterocycles. The first kappa shape index (κ1) is 27.5. The maximum Gasteiger partial charge on any atom is 0.136 e. The van der Waals surface area contributed by atoms with E-state index >= 15 is 0 Å². The van der Waals surface area contributed by atoms with Crippen LogP contribution in [-0.4, -0.2) is 0 Å². The summed E-state index contributed by atoms with van der Waals surface area (Å²) in [5.41, 5.74) is 11.5. The Morgan fingerprint density at radius 1 is 0.327 bits per heavy atom. The molecule has 3 nitrogen and oxygen atoms in total. The van der Waals surface area contributed by atoms with Crippen LogP contribution in [0.1, 0.15) is 0 Å². The van der Waals surface area contributed by atoms with Crippen molar-refractivity contribution in [3.8, 4) is 22.3 Å². The summed E-state index contributed by atoms with van der Waals surface area (Å²) in [5, 5.41) is 6.89. The lowest BCUT2D eigenvalue weighted by molar-refractivity contribution is 0.668. The summed E-state index contributed by atoms with van der Waals surface area (Å²) in [7, 11) is 0. The molecule has 0 saturated carbocycles. The fourth-order valence-corrected chi connectivity index (χ4v) is 7.39. The maximum absolute atomic E-state index is 6.25. The first-order valence-electron chi connectivity index (χ1n) is 16.6. The molecule has 0 bridgehead atoms. The Bertz CT molecular complexity index is 2830. The highest BCUT2D eigenvalue weighted by atomic mass is 16.3. The predicted octanol–water partition coefficient (Wildman–Crippen LogP) is 13.4. The van der Waals surface area contributed by atoms with Crippen molar-refractivity contribution in [1.82, 2.24) is 0 Å². The van der Waals surface area contributed by atoms with Crippen molar-refractivity contribution >= 4 is 71.7 Å². The number of para-hydroxylation sites is 2. The molecule has 0 unspecified atom stereocenters. The van der Waals surface area contributed by atoms with Crippen LogP contribution in [0.3, 0.4) is 0 Å². The molecular formula is C46H29NO2. The first-order valence-corrected chi connectivity index (χ1v) is 16.6. The van der Waals surface area contributed by atoms with Crippen LogP contribution in [0.15, 0.2) is 185 Å². The number of fused-ring (bicyclic) bond motifs is 8. The lowest BCUT2D eigenvalue weighted by Gasteiger charge is -2.26. The van der Waals surface area contributed by atoms with E-state index in [2.05, 4.69) is 157 Å². The van der Waals surface area contributed by atoms with E-state index in [1.54, 1.807) is 0 Å². The van der Waals surface area contributed by atoms with Gasteiger partial charge in [0.1, 0.15) is 22.3 Å². The van der Waals surface area contributed by atoms with Gasteiger partial charge >= 0.3 is 0 Å². The molecule has 0 atom stereocenters. The van der Waals surface area contributed by atoms with Gasteiger partial charge in [0.2, 0.25) is 0 Å². The second-order valence-electron chi connectivity index (χ2n) is 12.5. The number of hydrogen-bond donors (Lipinski definition) is 0. The average molecular weight is 628 g/mol. The fourth-order valence-electron chi connectivity index (χ4n) is 7.39. The molecule has 0 N–H and O–H groups in total. The molecule has 0 saturated heterocycles. The Kier molecular flexibility index (Phi) is 6.18. The quantitative estimate of drug-likeness (QED) is 0.190. The van der Waals surface area contributed by atoms with E-state index in [0.717, 1.165) is 77.5 Å². The topological polar surface area (TPSA) is 29.5 Å². The van der Waals surface area contributed by atoms with Gasteiger partial charge in [-0.1, -0.05) is 115 Å². The fraction of sp³-hybridized carbons (Fsp3) is 0. The van der Waals surface area contributed by atoms with Crippen molar-refractivity contribution in [2.75, 3.05) is 4.90 Å². The van der Waals surface area contributed by atoms with E-state index in [4.69, 9.17) is 8.83 Å².